The molecule has 0 saturated carbocycles. The fourth-order valence-corrected chi connectivity index (χ4v) is 4.09. The number of nitrogens with zero attached hydrogens (tertiary/aromatic N) is 2. The van der Waals surface area contributed by atoms with Crippen LogP contribution in [0.25, 0.3) is 11.3 Å². The number of anilines is 1. The summed E-state index contributed by atoms with van der Waals surface area (Å²) in [5, 5.41) is 22.4. The summed E-state index contributed by atoms with van der Waals surface area (Å²) < 4.78 is 21.3. The van der Waals surface area contributed by atoms with E-state index >= 15 is 0 Å². The summed E-state index contributed by atoms with van der Waals surface area (Å²) in [6.45, 7) is -0.00612. The number of aromatic hydroxyl groups is 1. The first kappa shape index (κ1) is 25.4. The first-order chi connectivity index (χ1) is 17.4. The fraction of sp³-hybridized carbons (Fsp3) is 0.160. The van der Waals surface area contributed by atoms with Crippen molar-refractivity contribution in [1.29, 1.82) is 0 Å². The highest BCUT2D eigenvalue weighted by molar-refractivity contribution is 14.1. The number of pyridine rings is 1. The maximum absolute atomic E-state index is 14.4. The molecule has 0 bridgehead atoms. The number of carbonyl (C=O) groups excluding carboxylic acids is 1. The van der Waals surface area contributed by atoms with Gasteiger partial charge in [0.05, 0.1) is 12.3 Å². The summed E-state index contributed by atoms with van der Waals surface area (Å²) in [4.78, 5) is 33.1. The fourth-order valence-electron chi connectivity index (χ4n) is 3.64. The Morgan fingerprint density at radius 2 is 1.97 bits per heavy atom. The number of nitrogens with one attached hydrogen (secondary N) is 2. The molecule has 0 unspecified atom stereocenters. The van der Waals surface area contributed by atoms with Gasteiger partial charge in [0.1, 0.15) is 29.9 Å². The van der Waals surface area contributed by atoms with Crippen LogP contribution in [-0.4, -0.2) is 43.9 Å². The van der Waals surface area contributed by atoms with Gasteiger partial charge < -0.3 is 25.3 Å². The third-order valence-corrected chi connectivity index (χ3v) is 6.01. The van der Waals surface area contributed by atoms with Crippen LogP contribution in [0.5, 0.6) is 11.6 Å². The number of imidazole rings is 1. The van der Waals surface area contributed by atoms with Crippen molar-refractivity contribution in [3.05, 3.63) is 92.4 Å². The molecule has 0 aliphatic rings. The highest BCUT2D eigenvalue weighted by Gasteiger charge is 2.29. The smallest absolute Gasteiger partial charge is 0.329 e. The summed E-state index contributed by atoms with van der Waals surface area (Å²) in [5.41, 5.74) is 0.309. The Bertz CT molecular complexity index is 1410. The summed E-state index contributed by atoms with van der Waals surface area (Å²) in [5.74, 6) is -1.28. The Morgan fingerprint density at radius 1 is 1.19 bits per heavy atom. The SMILES string of the molecule is O=C(Nc1ccc(I)cc1F)[C@H](Cc1ccccn1)n1c(O)c(-c2ccc(OCCO)cc2)[nH]c1=O. The molecule has 4 rings (SSSR count). The van der Waals surface area contributed by atoms with Crippen molar-refractivity contribution < 1.29 is 24.1 Å². The normalized spacial score (nSPS) is 11.8. The molecule has 0 fully saturated rings. The number of hydrogen-bond donors (Lipinski definition) is 4. The Labute approximate surface area is 218 Å². The van der Waals surface area contributed by atoms with E-state index in [9.17, 15) is 19.1 Å². The molecule has 2 aromatic heterocycles. The number of rotatable bonds is 9. The number of carbonyl (C=O) groups is 1. The lowest BCUT2D eigenvalue weighted by Gasteiger charge is -2.18. The minimum Gasteiger partial charge on any atom is -0.493 e. The molecule has 36 heavy (non-hydrogen) atoms. The maximum atomic E-state index is 14.4. The van der Waals surface area contributed by atoms with E-state index in [1.54, 1.807) is 54.7 Å². The molecule has 2 heterocycles. The minimum absolute atomic E-state index is 0.0304. The molecule has 0 radical (unpaired) electrons. The number of aromatic amines is 1. The van der Waals surface area contributed by atoms with Crippen molar-refractivity contribution in [1.82, 2.24) is 14.5 Å². The van der Waals surface area contributed by atoms with Crippen molar-refractivity contribution in [3.8, 4) is 22.9 Å². The number of aliphatic hydroxyl groups excluding tert-OH is 1. The average Bonchev–Trinajstić information content (AvgIpc) is 3.17. The van der Waals surface area contributed by atoms with E-state index in [4.69, 9.17) is 9.84 Å². The van der Waals surface area contributed by atoms with Crippen LogP contribution in [-0.2, 0) is 11.2 Å². The van der Waals surface area contributed by atoms with Crippen LogP contribution in [0.3, 0.4) is 0 Å². The molecule has 4 aromatic rings. The van der Waals surface area contributed by atoms with Gasteiger partial charge in [-0.05, 0) is 77.2 Å². The van der Waals surface area contributed by atoms with Crippen molar-refractivity contribution in [2.24, 2.45) is 0 Å². The number of amides is 1. The van der Waals surface area contributed by atoms with Crippen LogP contribution in [0, 0.1) is 9.39 Å². The number of benzene rings is 2. The van der Waals surface area contributed by atoms with Crippen LogP contribution in [0.2, 0.25) is 0 Å². The number of H-pyrrole nitrogens is 1. The van der Waals surface area contributed by atoms with Gasteiger partial charge in [0.25, 0.3) is 0 Å². The Morgan fingerprint density at radius 3 is 2.64 bits per heavy atom. The predicted octanol–water partition coefficient (Wildman–Crippen LogP) is 3.48. The second-order valence-electron chi connectivity index (χ2n) is 7.75. The molecule has 11 heteroatoms. The monoisotopic (exact) mass is 604 g/mol. The van der Waals surface area contributed by atoms with Gasteiger partial charge in [-0.3, -0.25) is 9.78 Å². The van der Waals surface area contributed by atoms with Gasteiger partial charge in [-0.25, -0.2) is 13.8 Å². The van der Waals surface area contributed by atoms with Crippen LogP contribution in [0.15, 0.2) is 71.7 Å². The first-order valence-corrected chi connectivity index (χ1v) is 12.0. The van der Waals surface area contributed by atoms with Gasteiger partial charge in [-0.1, -0.05) is 6.07 Å². The summed E-state index contributed by atoms with van der Waals surface area (Å²) in [6, 6.07) is 14.7. The largest absolute Gasteiger partial charge is 0.493 e. The lowest BCUT2D eigenvalue weighted by Crippen LogP contribution is -2.33. The average molecular weight is 604 g/mol. The lowest BCUT2D eigenvalue weighted by molar-refractivity contribution is -0.119. The summed E-state index contributed by atoms with van der Waals surface area (Å²) in [6.07, 6.45) is 1.52. The Hall–Kier alpha value is -3.71. The van der Waals surface area contributed by atoms with Gasteiger partial charge in [-0.2, -0.15) is 0 Å². The van der Waals surface area contributed by atoms with Crippen LogP contribution in [0.1, 0.15) is 11.7 Å². The molecule has 9 nitrogen and oxygen atoms in total. The summed E-state index contributed by atoms with van der Waals surface area (Å²) in [7, 11) is 0. The van der Waals surface area contributed by atoms with Crippen molar-refractivity contribution in [3.63, 3.8) is 0 Å². The van der Waals surface area contributed by atoms with Crippen molar-refractivity contribution >= 4 is 34.2 Å². The second kappa shape index (κ2) is 11.4. The Kier molecular flexibility index (Phi) is 8.00. The molecule has 0 aliphatic carbocycles. The standard InChI is InChI=1S/C25H22FIN4O5/c26-19-13-16(27)6-9-20(19)29-23(33)21(14-17-3-1-2-10-28-17)31-24(34)22(30-25(31)35)15-4-7-18(8-5-15)36-12-11-32/h1-10,13,21,32,34H,11-12,14H2,(H,29,33)(H,30,35)/t21-/m0/s1. The van der Waals surface area contributed by atoms with Crippen LogP contribution < -0.4 is 15.7 Å². The highest BCUT2D eigenvalue weighted by Crippen LogP contribution is 2.31. The van der Waals surface area contributed by atoms with E-state index in [-0.39, 0.29) is 31.0 Å². The van der Waals surface area contributed by atoms with Gasteiger partial charge in [0, 0.05) is 27.4 Å². The van der Waals surface area contributed by atoms with Gasteiger partial charge in [-0.15, -0.1) is 0 Å². The third-order valence-electron chi connectivity index (χ3n) is 5.34. The summed E-state index contributed by atoms with van der Waals surface area (Å²) >= 11 is 1.96. The van der Waals surface area contributed by atoms with E-state index in [0.29, 0.717) is 20.6 Å². The van der Waals surface area contributed by atoms with Crippen molar-refractivity contribution in [2.75, 3.05) is 18.5 Å². The molecule has 2 aromatic carbocycles. The molecular formula is C25H22FIN4O5. The van der Waals surface area contributed by atoms with Crippen molar-refractivity contribution in [2.45, 2.75) is 12.5 Å². The van der Waals surface area contributed by atoms with Gasteiger partial charge >= 0.3 is 5.69 Å². The molecule has 186 valence electrons. The molecule has 0 saturated heterocycles. The zero-order chi connectivity index (χ0) is 25.7. The number of aliphatic hydroxyl groups is 1. The second-order valence-corrected chi connectivity index (χ2v) is 9.00. The molecule has 0 spiro atoms. The van der Waals surface area contributed by atoms with E-state index in [2.05, 4.69) is 15.3 Å². The molecule has 1 amide bonds. The quantitative estimate of drug-likeness (QED) is 0.217. The highest BCUT2D eigenvalue weighted by atomic mass is 127. The third kappa shape index (κ3) is 5.74. The Balaban J connectivity index is 1.70. The van der Waals surface area contributed by atoms with Crippen LogP contribution in [0.4, 0.5) is 10.1 Å². The van der Waals surface area contributed by atoms with Gasteiger partial charge in [0.15, 0.2) is 0 Å². The number of hydrogen-bond acceptors (Lipinski definition) is 6. The zero-order valence-electron chi connectivity index (χ0n) is 18.8. The molecule has 4 N–H and O–H groups in total. The lowest BCUT2D eigenvalue weighted by atomic mass is 10.1. The van der Waals surface area contributed by atoms with E-state index in [1.807, 2.05) is 22.6 Å². The zero-order valence-corrected chi connectivity index (χ0v) is 21.0. The molecule has 0 aliphatic heterocycles. The molecular weight excluding hydrogens is 582 g/mol. The number of ether oxygens (including phenoxy) is 1. The maximum Gasteiger partial charge on any atom is 0.329 e. The van der Waals surface area contributed by atoms with E-state index < -0.39 is 29.3 Å². The van der Waals surface area contributed by atoms with E-state index in [0.717, 1.165) is 4.57 Å². The number of aromatic nitrogens is 3. The first-order valence-electron chi connectivity index (χ1n) is 10.9. The van der Waals surface area contributed by atoms with Gasteiger partial charge in [0.2, 0.25) is 11.8 Å². The predicted molar refractivity (Wildman–Crippen MR) is 139 cm³/mol. The topological polar surface area (TPSA) is 129 Å². The van der Waals surface area contributed by atoms with Crippen LogP contribution >= 0.6 is 22.6 Å². The minimum atomic E-state index is -1.23. The van der Waals surface area contributed by atoms with E-state index in [1.165, 1.54) is 12.1 Å². The molecule has 1 atom stereocenters. The number of halogens is 2.